The third-order valence-electron chi connectivity index (χ3n) is 5.49. The van der Waals surface area contributed by atoms with Crippen molar-refractivity contribution in [1.82, 2.24) is 14.7 Å². The molecule has 1 aromatic carbocycles. The maximum absolute atomic E-state index is 12.5. The molecule has 0 bridgehead atoms. The van der Waals surface area contributed by atoms with Crippen LogP contribution in [0.4, 0.5) is 0 Å². The van der Waals surface area contributed by atoms with Crippen molar-refractivity contribution in [3.8, 4) is 5.75 Å². The van der Waals surface area contributed by atoms with E-state index in [0.29, 0.717) is 19.6 Å². The minimum atomic E-state index is 0.0120. The lowest BCUT2D eigenvalue weighted by Crippen LogP contribution is -2.52. The van der Waals surface area contributed by atoms with Crippen LogP contribution in [-0.2, 0) is 9.59 Å². The number of amides is 2. The molecule has 2 amide bonds. The Morgan fingerprint density at radius 1 is 0.889 bits per heavy atom. The van der Waals surface area contributed by atoms with Gasteiger partial charge >= 0.3 is 0 Å². The molecule has 6 nitrogen and oxygen atoms in total. The number of carbonyl (C=O) groups is 2. The van der Waals surface area contributed by atoms with Gasteiger partial charge in [-0.25, -0.2) is 0 Å². The van der Waals surface area contributed by atoms with Crippen LogP contribution >= 0.6 is 0 Å². The van der Waals surface area contributed by atoms with E-state index in [1.807, 2.05) is 41.8 Å². The van der Waals surface area contributed by atoms with E-state index in [9.17, 15) is 9.59 Å². The van der Waals surface area contributed by atoms with Crippen LogP contribution in [-0.4, -0.2) is 78.9 Å². The molecule has 6 heteroatoms. The maximum Gasteiger partial charge on any atom is 0.260 e. The van der Waals surface area contributed by atoms with Crippen molar-refractivity contribution in [3.05, 3.63) is 29.3 Å². The topological polar surface area (TPSA) is 53.1 Å². The van der Waals surface area contributed by atoms with Crippen molar-refractivity contribution in [3.63, 3.8) is 0 Å². The van der Waals surface area contributed by atoms with Gasteiger partial charge in [0.1, 0.15) is 5.75 Å². The zero-order chi connectivity index (χ0) is 19.2. The average molecular weight is 373 g/mol. The Morgan fingerprint density at radius 2 is 1.56 bits per heavy atom. The fourth-order valence-corrected chi connectivity index (χ4v) is 3.68. The van der Waals surface area contributed by atoms with Crippen molar-refractivity contribution in [2.24, 2.45) is 0 Å². The van der Waals surface area contributed by atoms with Crippen LogP contribution in [0.5, 0.6) is 5.75 Å². The molecule has 0 radical (unpaired) electrons. The average Bonchev–Trinajstić information content (AvgIpc) is 2.69. The van der Waals surface area contributed by atoms with Gasteiger partial charge in [0.2, 0.25) is 5.91 Å². The van der Waals surface area contributed by atoms with Gasteiger partial charge in [-0.15, -0.1) is 0 Å². The first-order valence-electron chi connectivity index (χ1n) is 10.0. The van der Waals surface area contributed by atoms with Crippen molar-refractivity contribution in [2.75, 3.05) is 52.4 Å². The predicted molar refractivity (Wildman–Crippen MR) is 105 cm³/mol. The Morgan fingerprint density at radius 3 is 2.26 bits per heavy atom. The normalized spacial score (nSPS) is 18.4. The maximum atomic E-state index is 12.5. The van der Waals surface area contributed by atoms with Gasteiger partial charge < -0.3 is 14.5 Å². The van der Waals surface area contributed by atoms with Crippen LogP contribution in [0.15, 0.2) is 18.2 Å². The van der Waals surface area contributed by atoms with E-state index in [-0.39, 0.29) is 18.4 Å². The van der Waals surface area contributed by atoms with E-state index >= 15 is 0 Å². The molecule has 2 aliphatic heterocycles. The molecule has 3 rings (SSSR count). The van der Waals surface area contributed by atoms with Gasteiger partial charge in [0, 0.05) is 39.3 Å². The van der Waals surface area contributed by atoms with E-state index < -0.39 is 0 Å². The molecule has 0 spiro atoms. The zero-order valence-electron chi connectivity index (χ0n) is 16.6. The van der Waals surface area contributed by atoms with Gasteiger partial charge in [-0.1, -0.05) is 12.1 Å². The Hall–Kier alpha value is -2.08. The summed E-state index contributed by atoms with van der Waals surface area (Å²) in [5.74, 6) is 1.01. The molecule has 0 atom stereocenters. The minimum absolute atomic E-state index is 0.0120. The number of likely N-dealkylation sites (tertiary alicyclic amines) is 1. The Bertz CT molecular complexity index is 663. The van der Waals surface area contributed by atoms with Crippen LogP contribution in [0.1, 0.15) is 30.4 Å². The highest BCUT2D eigenvalue weighted by molar-refractivity contribution is 5.79. The number of hydrogen-bond acceptors (Lipinski definition) is 4. The third kappa shape index (κ3) is 5.45. The molecular formula is C21H31N3O3. The summed E-state index contributed by atoms with van der Waals surface area (Å²) < 4.78 is 5.74. The van der Waals surface area contributed by atoms with Crippen molar-refractivity contribution >= 4 is 11.8 Å². The smallest absolute Gasteiger partial charge is 0.260 e. The molecule has 0 saturated carbocycles. The summed E-state index contributed by atoms with van der Waals surface area (Å²) in [6.45, 7) is 9.13. The van der Waals surface area contributed by atoms with Crippen LogP contribution in [0.3, 0.4) is 0 Å². The van der Waals surface area contributed by atoms with E-state index in [4.69, 9.17) is 4.74 Å². The number of ether oxygens (including phenoxy) is 1. The van der Waals surface area contributed by atoms with Crippen molar-refractivity contribution in [2.45, 2.75) is 33.1 Å². The molecule has 0 aliphatic carbocycles. The summed E-state index contributed by atoms with van der Waals surface area (Å²) in [6, 6.07) is 6.01. The summed E-state index contributed by atoms with van der Waals surface area (Å²) in [6.07, 6.45) is 3.47. The second kappa shape index (κ2) is 9.22. The molecule has 0 N–H and O–H groups in total. The lowest BCUT2D eigenvalue weighted by Gasteiger charge is -2.36. The molecular weight excluding hydrogens is 342 g/mol. The molecule has 2 fully saturated rings. The van der Waals surface area contributed by atoms with Crippen molar-refractivity contribution < 1.29 is 14.3 Å². The number of rotatable bonds is 5. The van der Waals surface area contributed by atoms with Gasteiger partial charge in [-0.05, 0) is 50.3 Å². The third-order valence-corrected chi connectivity index (χ3v) is 5.49. The monoisotopic (exact) mass is 373 g/mol. The number of benzene rings is 1. The SMILES string of the molecule is Cc1ccc(C)c(OCC(=O)N2CCN(CC(=O)N3CCCCC3)CC2)c1. The van der Waals surface area contributed by atoms with E-state index in [2.05, 4.69) is 4.90 Å². The Kier molecular flexibility index (Phi) is 6.72. The fourth-order valence-electron chi connectivity index (χ4n) is 3.68. The summed E-state index contributed by atoms with van der Waals surface area (Å²) in [5.41, 5.74) is 2.16. The highest BCUT2D eigenvalue weighted by Gasteiger charge is 2.25. The van der Waals surface area contributed by atoms with Gasteiger partial charge in [-0.3, -0.25) is 14.5 Å². The lowest BCUT2D eigenvalue weighted by atomic mass is 10.1. The lowest BCUT2D eigenvalue weighted by molar-refractivity contribution is -0.136. The first kappa shape index (κ1) is 19.7. The quantitative estimate of drug-likeness (QED) is 0.790. The van der Waals surface area contributed by atoms with E-state index in [1.165, 1.54) is 6.42 Å². The summed E-state index contributed by atoms with van der Waals surface area (Å²) >= 11 is 0. The number of carbonyl (C=O) groups excluding carboxylic acids is 2. The van der Waals surface area contributed by atoms with Crippen molar-refractivity contribution in [1.29, 1.82) is 0 Å². The largest absolute Gasteiger partial charge is 0.483 e. The molecule has 2 saturated heterocycles. The highest BCUT2D eigenvalue weighted by Crippen LogP contribution is 2.19. The molecule has 148 valence electrons. The molecule has 27 heavy (non-hydrogen) atoms. The molecule has 0 unspecified atom stereocenters. The number of nitrogens with zero attached hydrogens (tertiary/aromatic N) is 3. The van der Waals surface area contributed by atoms with Gasteiger partial charge in [-0.2, -0.15) is 0 Å². The van der Waals surface area contributed by atoms with Gasteiger partial charge in [0.15, 0.2) is 6.61 Å². The Labute approximate surface area is 162 Å². The molecule has 1 aromatic rings. The number of piperidine rings is 1. The van der Waals surface area contributed by atoms with Gasteiger partial charge in [0.05, 0.1) is 6.54 Å². The second-order valence-corrected chi connectivity index (χ2v) is 7.66. The van der Waals surface area contributed by atoms with Crippen LogP contribution in [0.25, 0.3) is 0 Å². The van der Waals surface area contributed by atoms with Crippen LogP contribution in [0, 0.1) is 13.8 Å². The zero-order valence-corrected chi connectivity index (χ0v) is 16.6. The van der Waals surface area contributed by atoms with Gasteiger partial charge in [0.25, 0.3) is 5.91 Å². The molecule has 2 heterocycles. The second-order valence-electron chi connectivity index (χ2n) is 7.66. The number of hydrogen-bond donors (Lipinski definition) is 0. The van der Waals surface area contributed by atoms with E-state index in [0.717, 1.165) is 55.9 Å². The molecule has 0 aromatic heterocycles. The van der Waals surface area contributed by atoms with E-state index in [1.54, 1.807) is 0 Å². The Balaban J connectivity index is 1.41. The summed E-state index contributed by atoms with van der Waals surface area (Å²) in [4.78, 5) is 30.8. The highest BCUT2D eigenvalue weighted by atomic mass is 16.5. The summed E-state index contributed by atoms with van der Waals surface area (Å²) in [5, 5.41) is 0. The first-order valence-corrected chi connectivity index (χ1v) is 10.0. The predicted octanol–water partition coefficient (Wildman–Crippen LogP) is 1.84. The first-order chi connectivity index (χ1) is 13.0. The number of piperazine rings is 1. The van der Waals surface area contributed by atoms with Crippen LogP contribution in [0.2, 0.25) is 0 Å². The minimum Gasteiger partial charge on any atom is -0.483 e. The van der Waals surface area contributed by atoms with Crippen LogP contribution < -0.4 is 4.74 Å². The standard InChI is InChI=1S/C21H31N3O3/c1-17-6-7-18(2)19(14-17)27-16-21(26)24-12-10-22(11-13-24)15-20(25)23-8-4-3-5-9-23/h6-7,14H,3-5,8-13,15-16H2,1-2H3. The summed E-state index contributed by atoms with van der Waals surface area (Å²) in [7, 11) is 0. The molecule has 2 aliphatic rings. The fraction of sp³-hybridized carbons (Fsp3) is 0.619. The number of aryl methyl sites for hydroxylation is 2.